The van der Waals surface area contributed by atoms with Crippen LogP contribution in [0, 0.1) is 34.5 Å². The van der Waals surface area contributed by atoms with E-state index < -0.39 is 79.0 Å². The van der Waals surface area contributed by atoms with Crippen LogP contribution < -0.4 is 0 Å². The third-order valence-electron chi connectivity index (χ3n) is 13.8. The van der Waals surface area contributed by atoms with Crippen LogP contribution >= 0.6 is 0 Å². The lowest BCUT2D eigenvalue weighted by molar-refractivity contribution is -0.355. The highest BCUT2D eigenvalue weighted by molar-refractivity contribution is 5.85. The van der Waals surface area contributed by atoms with Crippen molar-refractivity contribution in [3.05, 3.63) is 11.6 Å². The maximum atomic E-state index is 12.5. The average molecular weight is 685 g/mol. The number of aliphatic hydroxyl groups excluding tert-OH is 7. The van der Waals surface area contributed by atoms with E-state index in [0.717, 1.165) is 31.3 Å². The van der Waals surface area contributed by atoms with Crippen LogP contribution in [-0.4, -0.2) is 140 Å². The smallest absolute Gasteiger partial charge is 0.331 e. The Bertz CT molecular complexity index is 1250. The predicted octanol–water partition coefficient (Wildman–Crippen LogP) is -1.14. The molecule has 0 aromatic rings. The molecule has 0 aromatic carbocycles. The van der Waals surface area contributed by atoms with E-state index in [1.54, 1.807) is 6.08 Å². The van der Waals surface area contributed by atoms with Crippen LogP contribution in [0.15, 0.2) is 11.6 Å². The predicted molar refractivity (Wildman–Crippen MR) is 162 cm³/mol. The zero-order valence-electron chi connectivity index (χ0n) is 27.5. The Balaban J connectivity index is 1.01. The first-order chi connectivity index (χ1) is 22.7. The minimum Gasteiger partial charge on any atom is -0.458 e. The minimum atomic E-state index is -1.63. The molecule has 0 aromatic heterocycles. The quantitative estimate of drug-likeness (QED) is 0.122. The van der Waals surface area contributed by atoms with E-state index in [2.05, 4.69) is 13.8 Å². The first kappa shape index (κ1) is 35.1. The van der Waals surface area contributed by atoms with Crippen LogP contribution in [0.1, 0.15) is 65.2 Å². The number of rotatable bonds is 6. The topological polar surface area (TPSA) is 225 Å². The Labute approximate surface area is 279 Å². The van der Waals surface area contributed by atoms with Gasteiger partial charge in [-0.3, -0.25) is 0 Å². The van der Waals surface area contributed by atoms with E-state index in [0.29, 0.717) is 25.7 Å². The molecule has 3 aliphatic heterocycles. The van der Waals surface area contributed by atoms with Gasteiger partial charge in [-0.25, -0.2) is 4.79 Å². The molecule has 8 N–H and O–H groups in total. The van der Waals surface area contributed by atoms with Crippen molar-refractivity contribution < 1.29 is 69.3 Å². The molecule has 7 rings (SSSR count). The highest BCUT2D eigenvalue weighted by Crippen LogP contribution is 2.70. The molecule has 4 saturated carbocycles. The lowest BCUT2D eigenvalue weighted by Gasteiger charge is -2.65. The standard InChI is InChI=1S/C34H52O14/c1-32-7-5-17(46-31-28(42)26(40)29(22(12-35)47-31)48-30-27(41)25(39)21(37)14-45-30)10-16(32)3-4-19-24(32)20(36)11-33(2)18(6-8-34(19,33)43)15-9-23(38)44-13-15/h9,16-22,24-31,35-37,39-43H,3-8,10-14H2,1-2H3/t16-,17+,18-,19-,20-,21-,22-,24-,25+,26+,27-,28-,29-,30+,31-,32+,33-,34+/m1/s1. The van der Waals surface area contributed by atoms with E-state index in [4.69, 9.17) is 23.7 Å². The molecule has 0 unspecified atom stereocenters. The molecule has 48 heavy (non-hydrogen) atoms. The summed E-state index contributed by atoms with van der Waals surface area (Å²) in [5.74, 6) is -0.406. The van der Waals surface area contributed by atoms with E-state index >= 15 is 0 Å². The fourth-order valence-corrected chi connectivity index (χ4v) is 11.2. The SMILES string of the molecule is C[C@]12CC[C@H](O[C@@H]3O[C@H](CO)[C@@H](O[C@@H]4OC[C@@H](O)[C@H](O)[C@H]4O)[C@@H](O)[C@H]3O)C[C@H]1CC[C@@H]1[C@@H]2[C@H](O)C[C@]2(C)[C@@H](C3=CC(=O)OC3)CC[C@]12O. The molecule has 0 spiro atoms. The van der Waals surface area contributed by atoms with Crippen LogP contribution in [0.3, 0.4) is 0 Å². The van der Waals surface area contributed by atoms with Gasteiger partial charge in [0.15, 0.2) is 12.6 Å². The third-order valence-corrected chi connectivity index (χ3v) is 13.8. The van der Waals surface area contributed by atoms with E-state index in [1.807, 2.05) is 0 Å². The van der Waals surface area contributed by atoms with Gasteiger partial charge in [-0.15, -0.1) is 0 Å². The highest BCUT2D eigenvalue weighted by Gasteiger charge is 2.70. The lowest BCUT2D eigenvalue weighted by atomic mass is 9.42. The summed E-state index contributed by atoms with van der Waals surface area (Å²) in [6.07, 6.45) is -6.88. The summed E-state index contributed by atoms with van der Waals surface area (Å²) in [7, 11) is 0. The highest BCUT2D eigenvalue weighted by atomic mass is 16.7. The number of carbonyl (C=O) groups excluding carboxylic acids is 1. The van der Waals surface area contributed by atoms with Gasteiger partial charge in [0.2, 0.25) is 0 Å². The van der Waals surface area contributed by atoms with Crippen molar-refractivity contribution in [1.29, 1.82) is 0 Å². The molecule has 4 aliphatic carbocycles. The zero-order chi connectivity index (χ0) is 34.3. The normalized spacial score (nSPS) is 55.3. The molecule has 6 fully saturated rings. The van der Waals surface area contributed by atoms with Crippen molar-refractivity contribution in [1.82, 2.24) is 0 Å². The van der Waals surface area contributed by atoms with Crippen molar-refractivity contribution in [3.63, 3.8) is 0 Å². The molecule has 272 valence electrons. The van der Waals surface area contributed by atoms with Gasteiger partial charge in [0, 0.05) is 11.5 Å². The van der Waals surface area contributed by atoms with Gasteiger partial charge in [-0.2, -0.15) is 0 Å². The van der Waals surface area contributed by atoms with Gasteiger partial charge < -0.3 is 64.5 Å². The van der Waals surface area contributed by atoms with Crippen molar-refractivity contribution in [2.45, 2.75) is 138 Å². The summed E-state index contributed by atoms with van der Waals surface area (Å²) < 4.78 is 28.3. The van der Waals surface area contributed by atoms with Crippen molar-refractivity contribution in [3.8, 4) is 0 Å². The molecule has 0 radical (unpaired) electrons. The van der Waals surface area contributed by atoms with Crippen LogP contribution in [0.2, 0.25) is 0 Å². The minimum absolute atomic E-state index is 0.0241. The zero-order valence-corrected chi connectivity index (χ0v) is 27.5. The summed E-state index contributed by atoms with van der Waals surface area (Å²) in [5.41, 5.74) is -0.891. The number of aliphatic hydroxyl groups is 8. The Morgan fingerprint density at radius 3 is 2.35 bits per heavy atom. The van der Waals surface area contributed by atoms with Crippen molar-refractivity contribution in [2.75, 3.05) is 19.8 Å². The van der Waals surface area contributed by atoms with Gasteiger partial charge in [-0.1, -0.05) is 13.8 Å². The molecular weight excluding hydrogens is 632 g/mol. The van der Waals surface area contributed by atoms with Crippen LogP contribution in [0.4, 0.5) is 0 Å². The van der Waals surface area contributed by atoms with Gasteiger partial charge in [0.1, 0.15) is 49.3 Å². The van der Waals surface area contributed by atoms with Gasteiger partial charge >= 0.3 is 5.97 Å². The monoisotopic (exact) mass is 684 g/mol. The van der Waals surface area contributed by atoms with Crippen molar-refractivity contribution >= 4 is 5.97 Å². The fourth-order valence-electron chi connectivity index (χ4n) is 11.2. The number of hydrogen-bond donors (Lipinski definition) is 8. The Morgan fingerprint density at radius 1 is 0.896 bits per heavy atom. The Hall–Kier alpha value is -1.27. The largest absolute Gasteiger partial charge is 0.458 e. The molecule has 3 heterocycles. The second-order valence-electron chi connectivity index (χ2n) is 16.0. The van der Waals surface area contributed by atoms with E-state index in [9.17, 15) is 45.6 Å². The van der Waals surface area contributed by atoms with Crippen LogP contribution in [0.5, 0.6) is 0 Å². The summed E-state index contributed by atoms with van der Waals surface area (Å²) in [6, 6.07) is 0. The first-order valence-corrected chi connectivity index (χ1v) is 17.6. The summed E-state index contributed by atoms with van der Waals surface area (Å²) in [6.45, 7) is 3.62. The number of hydrogen-bond acceptors (Lipinski definition) is 14. The summed E-state index contributed by atoms with van der Waals surface area (Å²) >= 11 is 0. The maximum absolute atomic E-state index is 12.5. The molecule has 18 atom stereocenters. The van der Waals surface area contributed by atoms with Crippen molar-refractivity contribution in [2.24, 2.45) is 34.5 Å². The number of fused-ring (bicyclic) bond motifs is 5. The molecular formula is C34H52O14. The van der Waals surface area contributed by atoms with E-state index in [-0.39, 0.29) is 54.4 Å². The lowest BCUT2D eigenvalue weighted by Crippen LogP contribution is -2.66. The summed E-state index contributed by atoms with van der Waals surface area (Å²) in [5, 5.41) is 86.5. The Kier molecular flexibility index (Phi) is 9.33. The van der Waals surface area contributed by atoms with E-state index in [1.165, 1.54) is 0 Å². The molecule has 14 heteroatoms. The van der Waals surface area contributed by atoms with Gasteiger partial charge in [-0.05, 0) is 86.0 Å². The summed E-state index contributed by atoms with van der Waals surface area (Å²) in [4.78, 5) is 11.9. The van der Waals surface area contributed by atoms with Gasteiger partial charge in [0.05, 0.1) is 31.0 Å². The molecule has 7 aliphatic rings. The van der Waals surface area contributed by atoms with Crippen LogP contribution in [0.25, 0.3) is 0 Å². The number of esters is 1. The number of carbonyl (C=O) groups is 1. The Morgan fingerprint density at radius 2 is 1.65 bits per heavy atom. The van der Waals surface area contributed by atoms with Crippen LogP contribution in [-0.2, 0) is 28.5 Å². The molecule has 0 bridgehead atoms. The maximum Gasteiger partial charge on any atom is 0.331 e. The molecule has 14 nitrogen and oxygen atoms in total. The second kappa shape index (κ2) is 12.7. The number of ether oxygens (including phenoxy) is 5. The molecule has 0 amide bonds. The number of cyclic esters (lactones) is 1. The second-order valence-corrected chi connectivity index (χ2v) is 16.0. The van der Waals surface area contributed by atoms with Gasteiger partial charge in [0.25, 0.3) is 0 Å². The molecule has 2 saturated heterocycles. The fraction of sp³-hybridized carbons (Fsp3) is 0.912. The third kappa shape index (κ3) is 5.41. The average Bonchev–Trinajstić information content (AvgIpc) is 3.59. The first-order valence-electron chi connectivity index (χ1n) is 17.6.